The Labute approximate surface area is 197 Å². The minimum atomic E-state index is -3.36. The monoisotopic (exact) mass is 560 g/mol. The van der Waals surface area contributed by atoms with Gasteiger partial charge in [0.15, 0.2) is 5.96 Å². The zero-order valence-corrected chi connectivity index (χ0v) is 21.1. The Balaban J connectivity index is 0.00000450. The van der Waals surface area contributed by atoms with Crippen LogP contribution in [0.5, 0.6) is 0 Å². The van der Waals surface area contributed by atoms with Gasteiger partial charge >= 0.3 is 0 Å². The summed E-state index contributed by atoms with van der Waals surface area (Å²) in [6, 6.07) is 0.250. The Morgan fingerprint density at radius 3 is 2.53 bits per heavy atom. The normalized spacial score (nSPS) is 21.5. The van der Waals surface area contributed by atoms with Gasteiger partial charge in [-0.3, -0.25) is 14.7 Å². The van der Waals surface area contributed by atoms with Crippen molar-refractivity contribution < 1.29 is 17.9 Å². The molecule has 0 bridgehead atoms. The average Bonchev–Trinajstić information content (AvgIpc) is 2.73. The van der Waals surface area contributed by atoms with Crippen molar-refractivity contribution >= 4 is 45.9 Å². The molecule has 0 aromatic carbocycles. The van der Waals surface area contributed by atoms with Gasteiger partial charge in [0.2, 0.25) is 15.9 Å². The lowest BCUT2D eigenvalue weighted by molar-refractivity contribution is -0.122. The van der Waals surface area contributed by atoms with Crippen molar-refractivity contribution in [2.24, 2.45) is 4.99 Å². The van der Waals surface area contributed by atoms with Gasteiger partial charge in [-0.15, -0.1) is 24.0 Å². The van der Waals surface area contributed by atoms with Crippen LogP contribution in [0, 0.1) is 0 Å². The minimum Gasteiger partial charge on any atom is -0.377 e. The van der Waals surface area contributed by atoms with E-state index in [9.17, 15) is 13.2 Å². The van der Waals surface area contributed by atoms with Crippen molar-refractivity contribution in [3.05, 3.63) is 0 Å². The average molecular weight is 561 g/mol. The first kappa shape index (κ1) is 27.3. The lowest BCUT2D eigenvalue weighted by atomic mass is 10.1. The molecule has 30 heavy (non-hydrogen) atoms. The number of carbonyl (C=O) groups excluding carboxylic acids is 1. The largest absolute Gasteiger partial charge is 0.377 e. The number of ether oxygens (including phenoxy) is 1. The number of sulfonamides is 1. The van der Waals surface area contributed by atoms with E-state index in [0.717, 1.165) is 45.2 Å². The molecule has 1 atom stereocenters. The fraction of sp³-hybridized carbons (Fsp3) is 0.889. The van der Waals surface area contributed by atoms with Crippen molar-refractivity contribution in [3.63, 3.8) is 0 Å². The van der Waals surface area contributed by atoms with Crippen molar-refractivity contribution in [3.8, 4) is 0 Å². The van der Waals surface area contributed by atoms with Gasteiger partial charge in [0.25, 0.3) is 0 Å². The molecule has 1 unspecified atom stereocenters. The highest BCUT2D eigenvalue weighted by atomic mass is 127. The smallest absolute Gasteiger partial charge is 0.233 e. The summed E-state index contributed by atoms with van der Waals surface area (Å²) < 4.78 is 32.5. The van der Waals surface area contributed by atoms with E-state index in [2.05, 4.69) is 30.6 Å². The molecule has 0 saturated carbocycles. The topological polar surface area (TPSA) is 124 Å². The number of hydrogen-bond donors (Lipinski definition) is 4. The van der Waals surface area contributed by atoms with E-state index >= 15 is 0 Å². The number of likely N-dealkylation sites (tertiary alicyclic amines) is 1. The maximum atomic E-state index is 12.2. The van der Waals surface area contributed by atoms with Crippen LogP contribution >= 0.6 is 24.0 Å². The van der Waals surface area contributed by atoms with Gasteiger partial charge in [-0.25, -0.2) is 13.1 Å². The van der Waals surface area contributed by atoms with Crippen LogP contribution in [-0.4, -0.2) is 96.5 Å². The molecule has 0 spiro atoms. The summed E-state index contributed by atoms with van der Waals surface area (Å²) in [5.74, 6) is 0.602. The highest BCUT2D eigenvalue weighted by Crippen LogP contribution is 2.12. The maximum absolute atomic E-state index is 12.2. The summed E-state index contributed by atoms with van der Waals surface area (Å²) in [5, 5.41) is 9.06. The van der Waals surface area contributed by atoms with E-state index in [0.29, 0.717) is 25.7 Å². The third-order valence-corrected chi connectivity index (χ3v) is 6.61. The molecule has 2 heterocycles. The summed E-state index contributed by atoms with van der Waals surface area (Å²) in [7, 11) is -0.0446. The molecule has 176 valence electrons. The molecule has 2 rings (SSSR count). The highest BCUT2D eigenvalue weighted by molar-refractivity contribution is 14.0. The lowest BCUT2D eigenvalue weighted by Crippen LogP contribution is -2.50. The van der Waals surface area contributed by atoms with Crippen molar-refractivity contribution in [2.45, 2.75) is 44.2 Å². The summed E-state index contributed by atoms with van der Waals surface area (Å²) in [6.45, 7) is 3.42. The van der Waals surface area contributed by atoms with E-state index in [-0.39, 0.29) is 54.3 Å². The summed E-state index contributed by atoms with van der Waals surface area (Å²) in [4.78, 5) is 17.8. The molecule has 2 aliphatic heterocycles. The molecular formula is C18H37IN6O4S. The number of rotatable bonds is 9. The molecule has 2 saturated heterocycles. The molecule has 2 fully saturated rings. The number of amides is 1. The van der Waals surface area contributed by atoms with Gasteiger partial charge in [0.1, 0.15) is 0 Å². The SMILES string of the molecule is CN=C(NCCS(=O)(=O)NCC1CCCCO1)NC1CCN(CC(=O)NC)CC1.I. The van der Waals surface area contributed by atoms with Crippen LogP contribution in [0.25, 0.3) is 0 Å². The molecule has 0 aliphatic carbocycles. The number of aliphatic imine (C=N–C) groups is 1. The van der Waals surface area contributed by atoms with Crippen LogP contribution in [0.1, 0.15) is 32.1 Å². The number of nitrogens with zero attached hydrogens (tertiary/aromatic N) is 2. The summed E-state index contributed by atoms with van der Waals surface area (Å²) >= 11 is 0. The van der Waals surface area contributed by atoms with Crippen molar-refractivity contribution in [1.82, 2.24) is 25.6 Å². The van der Waals surface area contributed by atoms with Crippen LogP contribution in [0.2, 0.25) is 0 Å². The number of likely N-dealkylation sites (N-methyl/N-ethyl adjacent to an activating group) is 1. The van der Waals surface area contributed by atoms with Crippen LogP contribution < -0.4 is 20.7 Å². The predicted octanol–water partition coefficient (Wildman–Crippen LogP) is -0.532. The quantitative estimate of drug-likeness (QED) is 0.170. The van der Waals surface area contributed by atoms with Crippen LogP contribution in [0.15, 0.2) is 4.99 Å². The number of hydrogen-bond acceptors (Lipinski definition) is 6. The first-order valence-electron chi connectivity index (χ1n) is 10.4. The van der Waals surface area contributed by atoms with Gasteiger partial charge in [-0.2, -0.15) is 0 Å². The highest BCUT2D eigenvalue weighted by Gasteiger charge is 2.22. The molecule has 2 aliphatic rings. The number of piperidine rings is 1. The zero-order chi connectivity index (χ0) is 21.1. The zero-order valence-electron chi connectivity index (χ0n) is 18.0. The van der Waals surface area contributed by atoms with Crippen LogP contribution in [0.4, 0.5) is 0 Å². The number of carbonyl (C=O) groups is 1. The Morgan fingerprint density at radius 1 is 1.20 bits per heavy atom. The first-order valence-corrected chi connectivity index (χ1v) is 12.1. The Morgan fingerprint density at radius 2 is 1.93 bits per heavy atom. The molecule has 12 heteroatoms. The van der Waals surface area contributed by atoms with E-state index in [1.807, 2.05) is 0 Å². The van der Waals surface area contributed by atoms with E-state index in [1.54, 1.807) is 14.1 Å². The minimum absolute atomic E-state index is 0. The second-order valence-corrected chi connectivity index (χ2v) is 9.45. The number of nitrogens with one attached hydrogen (secondary N) is 4. The standard InChI is InChI=1S/C18H36N6O4S.HI/c1-19-17(25)14-24-9-6-15(7-10-24)23-18(20-2)21-8-12-29(26,27)22-13-16-5-3-4-11-28-16;/h15-16,22H,3-14H2,1-2H3,(H,19,25)(H2,20,21,23);1H. The van der Waals surface area contributed by atoms with Crippen molar-refractivity contribution in [1.29, 1.82) is 0 Å². The molecule has 0 radical (unpaired) electrons. The Hall–Kier alpha value is -0.700. The Kier molecular flexibility index (Phi) is 13.1. The molecular weight excluding hydrogens is 523 g/mol. The van der Waals surface area contributed by atoms with Crippen LogP contribution in [-0.2, 0) is 19.6 Å². The molecule has 0 aromatic rings. The van der Waals surface area contributed by atoms with E-state index in [4.69, 9.17) is 4.74 Å². The Bertz CT molecular complexity index is 635. The fourth-order valence-corrected chi connectivity index (χ4v) is 4.42. The molecule has 1 amide bonds. The first-order chi connectivity index (χ1) is 13.9. The third kappa shape index (κ3) is 10.6. The van der Waals surface area contributed by atoms with Gasteiger partial charge in [0.05, 0.1) is 18.4 Å². The second-order valence-electron chi connectivity index (χ2n) is 7.52. The number of halogens is 1. The third-order valence-electron chi connectivity index (χ3n) is 5.27. The van der Waals surface area contributed by atoms with Crippen LogP contribution in [0.3, 0.4) is 0 Å². The molecule has 0 aromatic heterocycles. The summed E-state index contributed by atoms with van der Waals surface area (Å²) in [5.41, 5.74) is 0. The molecule has 10 nitrogen and oxygen atoms in total. The van der Waals surface area contributed by atoms with E-state index < -0.39 is 10.0 Å². The lowest BCUT2D eigenvalue weighted by Gasteiger charge is -2.32. The fourth-order valence-electron chi connectivity index (χ4n) is 3.47. The van der Waals surface area contributed by atoms with Crippen molar-refractivity contribution in [2.75, 3.05) is 59.2 Å². The predicted molar refractivity (Wildman–Crippen MR) is 129 cm³/mol. The summed E-state index contributed by atoms with van der Waals surface area (Å²) in [6.07, 6.45) is 4.82. The van der Waals surface area contributed by atoms with Gasteiger partial charge < -0.3 is 20.7 Å². The van der Waals surface area contributed by atoms with Gasteiger partial charge in [-0.05, 0) is 32.1 Å². The van der Waals surface area contributed by atoms with E-state index in [1.165, 1.54) is 0 Å². The maximum Gasteiger partial charge on any atom is 0.233 e. The van der Waals surface area contributed by atoms with Gasteiger partial charge in [-0.1, -0.05) is 0 Å². The molecule has 4 N–H and O–H groups in total. The number of guanidine groups is 1. The van der Waals surface area contributed by atoms with Gasteiger partial charge in [0, 0.05) is 52.9 Å². The second kappa shape index (κ2) is 14.4.